The van der Waals surface area contributed by atoms with Crippen molar-refractivity contribution in [2.45, 2.75) is 45.3 Å². The first-order chi connectivity index (χ1) is 19.7. The average molecular weight is 551 g/mol. The summed E-state index contributed by atoms with van der Waals surface area (Å²) in [5, 5.41) is 4.70. The summed E-state index contributed by atoms with van der Waals surface area (Å²) in [4.78, 5) is 40.5. The molecule has 3 fully saturated rings. The summed E-state index contributed by atoms with van der Waals surface area (Å²) in [6.45, 7) is 8.76. The number of aromatic nitrogens is 4. The van der Waals surface area contributed by atoms with Crippen LogP contribution in [-0.4, -0.2) is 61.8 Å². The van der Waals surface area contributed by atoms with Crippen LogP contribution in [0.3, 0.4) is 0 Å². The molecule has 3 aliphatic rings. The van der Waals surface area contributed by atoms with Crippen molar-refractivity contribution in [2.24, 2.45) is 5.92 Å². The summed E-state index contributed by atoms with van der Waals surface area (Å²) in [6.07, 6.45) is 3.57. The lowest BCUT2D eigenvalue weighted by atomic mass is 9.83. The summed E-state index contributed by atoms with van der Waals surface area (Å²) >= 11 is 0. The Morgan fingerprint density at radius 1 is 1.02 bits per heavy atom. The smallest absolute Gasteiger partial charge is 0.418 e. The number of aromatic amines is 2. The van der Waals surface area contributed by atoms with Gasteiger partial charge in [-0.15, -0.1) is 0 Å². The number of nitrogens with one attached hydrogen (secondary N) is 3. The summed E-state index contributed by atoms with van der Waals surface area (Å²) in [7, 11) is 0. The topological polar surface area (TPSA) is 108 Å². The zero-order valence-electron chi connectivity index (χ0n) is 23.5. The lowest BCUT2D eigenvalue weighted by Gasteiger charge is -2.45. The van der Waals surface area contributed by atoms with Crippen LogP contribution in [-0.2, 0) is 4.74 Å². The summed E-state index contributed by atoms with van der Waals surface area (Å²) in [6, 6.07) is 17.6. The van der Waals surface area contributed by atoms with Gasteiger partial charge in [0.1, 0.15) is 17.0 Å². The zero-order chi connectivity index (χ0) is 28.3. The van der Waals surface area contributed by atoms with Crippen LogP contribution in [0.15, 0.2) is 65.6 Å². The second-order valence-corrected chi connectivity index (χ2v) is 12.2. The van der Waals surface area contributed by atoms with Crippen LogP contribution in [0.5, 0.6) is 0 Å². The molecule has 3 aliphatic heterocycles. The number of ether oxygens (including phenoxy) is 1. The number of benzene rings is 2. The Bertz CT molecular complexity index is 1800. The Balaban J connectivity index is 1.40. The number of carbonyl (C=O) groups excluding carboxylic acids is 1. The number of hydrogen-bond donors (Lipinski definition) is 3. The first-order valence-electron chi connectivity index (χ1n) is 14.3. The third-order valence-electron chi connectivity index (χ3n) is 8.26. The fourth-order valence-corrected chi connectivity index (χ4v) is 6.30. The van der Waals surface area contributed by atoms with Gasteiger partial charge in [0.15, 0.2) is 0 Å². The van der Waals surface area contributed by atoms with Gasteiger partial charge in [-0.1, -0.05) is 18.2 Å². The molecule has 1 atom stereocenters. The fraction of sp³-hybridized carbons (Fsp3) is 0.344. The van der Waals surface area contributed by atoms with Crippen molar-refractivity contribution in [3.63, 3.8) is 0 Å². The van der Waals surface area contributed by atoms with E-state index in [-0.39, 0.29) is 11.6 Å². The number of rotatable bonds is 4. The number of H-pyrrole nitrogens is 2. The molecular formula is C32H34N6O3. The quantitative estimate of drug-likeness (QED) is 0.260. The van der Waals surface area contributed by atoms with Crippen LogP contribution in [0.4, 0.5) is 10.5 Å². The van der Waals surface area contributed by atoms with Crippen LogP contribution in [0, 0.1) is 5.92 Å². The molecular weight excluding hydrogens is 516 g/mol. The largest absolute Gasteiger partial charge is 0.443 e. The number of para-hydroxylation sites is 2. The number of nitrogens with zero attached hydrogens (tertiary/aromatic N) is 3. The SMILES string of the molecule is CC(C)(C)OC(=O)n1cccc1-c1ccc2[nH]c(=O)c(-c3nc4ccccc4[nH]3)c(N[C@@H]3CN4CCC3CC4)c2c1. The number of imidazole rings is 1. The van der Waals surface area contributed by atoms with Gasteiger partial charge in [0, 0.05) is 24.2 Å². The summed E-state index contributed by atoms with van der Waals surface area (Å²) < 4.78 is 7.18. The van der Waals surface area contributed by atoms with Crippen molar-refractivity contribution in [2.75, 3.05) is 25.0 Å². The zero-order valence-corrected chi connectivity index (χ0v) is 23.5. The Morgan fingerprint density at radius 2 is 1.83 bits per heavy atom. The molecule has 6 heterocycles. The minimum atomic E-state index is -0.616. The molecule has 2 bridgehead atoms. The van der Waals surface area contributed by atoms with Gasteiger partial charge in [-0.3, -0.25) is 9.36 Å². The van der Waals surface area contributed by atoms with E-state index in [0.717, 1.165) is 65.7 Å². The monoisotopic (exact) mass is 550 g/mol. The minimum Gasteiger partial charge on any atom is -0.443 e. The molecule has 0 unspecified atom stereocenters. The first-order valence-corrected chi connectivity index (χ1v) is 14.3. The van der Waals surface area contributed by atoms with Gasteiger partial charge in [0.25, 0.3) is 5.56 Å². The summed E-state index contributed by atoms with van der Waals surface area (Å²) in [5.74, 6) is 1.08. The summed E-state index contributed by atoms with van der Waals surface area (Å²) in [5.41, 5.74) is 4.39. The molecule has 8 rings (SSSR count). The highest BCUT2D eigenvalue weighted by Gasteiger charge is 2.35. The molecule has 0 amide bonds. The molecule has 3 saturated heterocycles. The van der Waals surface area contributed by atoms with E-state index in [1.807, 2.05) is 75.4 Å². The van der Waals surface area contributed by atoms with E-state index in [9.17, 15) is 9.59 Å². The second-order valence-electron chi connectivity index (χ2n) is 12.2. The number of carbonyl (C=O) groups is 1. The van der Waals surface area contributed by atoms with Crippen LogP contribution in [0.1, 0.15) is 33.6 Å². The highest BCUT2D eigenvalue weighted by atomic mass is 16.6. The van der Waals surface area contributed by atoms with Gasteiger partial charge >= 0.3 is 6.09 Å². The van der Waals surface area contributed by atoms with E-state index >= 15 is 0 Å². The van der Waals surface area contributed by atoms with Gasteiger partial charge in [-0.2, -0.15) is 0 Å². The van der Waals surface area contributed by atoms with E-state index < -0.39 is 11.7 Å². The van der Waals surface area contributed by atoms with Crippen molar-refractivity contribution in [1.29, 1.82) is 0 Å². The number of piperidine rings is 3. The van der Waals surface area contributed by atoms with Crippen molar-refractivity contribution in [1.82, 2.24) is 24.4 Å². The van der Waals surface area contributed by atoms with Crippen molar-refractivity contribution in [3.8, 4) is 22.6 Å². The predicted octanol–water partition coefficient (Wildman–Crippen LogP) is 5.83. The van der Waals surface area contributed by atoms with E-state index in [4.69, 9.17) is 9.72 Å². The Hall–Kier alpha value is -4.37. The van der Waals surface area contributed by atoms with Crippen LogP contribution >= 0.6 is 0 Å². The average Bonchev–Trinajstić information content (AvgIpc) is 3.60. The molecule has 0 spiro atoms. The van der Waals surface area contributed by atoms with Gasteiger partial charge in [0.05, 0.1) is 27.9 Å². The number of pyridine rings is 1. The molecule has 0 saturated carbocycles. The van der Waals surface area contributed by atoms with Crippen LogP contribution in [0.25, 0.3) is 44.6 Å². The normalized spacial score (nSPS) is 20.5. The Kier molecular flexibility index (Phi) is 6.01. The van der Waals surface area contributed by atoms with E-state index in [1.165, 1.54) is 4.57 Å². The molecule has 0 aliphatic carbocycles. The second kappa shape index (κ2) is 9.62. The molecule has 0 radical (unpaired) electrons. The lowest BCUT2D eigenvalue weighted by Crippen LogP contribution is -2.53. The maximum Gasteiger partial charge on any atom is 0.418 e. The molecule has 210 valence electrons. The number of hydrogen-bond acceptors (Lipinski definition) is 6. The third kappa shape index (κ3) is 4.70. The lowest BCUT2D eigenvalue weighted by molar-refractivity contribution is 0.0540. The van der Waals surface area contributed by atoms with Crippen LogP contribution < -0.4 is 10.9 Å². The third-order valence-corrected chi connectivity index (χ3v) is 8.26. The maximum absolute atomic E-state index is 13.7. The Labute approximate surface area is 237 Å². The first kappa shape index (κ1) is 25.6. The van der Waals surface area contributed by atoms with Gasteiger partial charge < -0.3 is 24.9 Å². The molecule has 9 heteroatoms. The van der Waals surface area contributed by atoms with E-state index in [1.54, 1.807) is 6.20 Å². The molecule has 5 aromatic rings. The van der Waals surface area contributed by atoms with E-state index in [0.29, 0.717) is 23.0 Å². The predicted molar refractivity (Wildman–Crippen MR) is 161 cm³/mol. The van der Waals surface area contributed by atoms with Crippen molar-refractivity contribution >= 4 is 33.7 Å². The fourth-order valence-electron chi connectivity index (χ4n) is 6.30. The highest BCUT2D eigenvalue weighted by Crippen LogP contribution is 2.37. The molecule has 9 nitrogen and oxygen atoms in total. The number of anilines is 1. The molecule has 2 aromatic carbocycles. The molecule has 3 N–H and O–H groups in total. The standard InChI is InChI=1S/C32H34N6O3/c1-32(2,3)41-31(40)38-14-6-9-26(38)20-10-11-22-21(17-20)28(33-25-18-37-15-12-19(25)13-16-37)27(30(39)36-22)29-34-23-7-4-5-8-24(23)35-29/h4-11,14,17,19,25H,12-13,15-16,18H2,1-3H3,(H,34,35)(H2,33,36,39)/t25-/m1/s1. The highest BCUT2D eigenvalue weighted by molar-refractivity contribution is 6.01. The van der Waals surface area contributed by atoms with Gasteiger partial charge in [-0.25, -0.2) is 9.78 Å². The van der Waals surface area contributed by atoms with Crippen molar-refractivity contribution < 1.29 is 9.53 Å². The van der Waals surface area contributed by atoms with Gasteiger partial charge in [0.2, 0.25) is 0 Å². The Morgan fingerprint density at radius 3 is 2.56 bits per heavy atom. The molecule has 41 heavy (non-hydrogen) atoms. The maximum atomic E-state index is 13.7. The van der Waals surface area contributed by atoms with E-state index in [2.05, 4.69) is 20.2 Å². The van der Waals surface area contributed by atoms with Gasteiger partial charge in [-0.05, 0) is 94.6 Å². The van der Waals surface area contributed by atoms with Crippen molar-refractivity contribution in [3.05, 3.63) is 71.1 Å². The molecule has 3 aromatic heterocycles. The number of fused-ring (bicyclic) bond motifs is 5. The minimum absolute atomic E-state index is 0.204. The van der Waals surface area contributed by atoms with Crippen LogP contribution in [0.2, 0.25) is 0 Å².